The van der Waals surface area contributed by atoms with E-state index in [0.717, 1.165) is 11.5 Å². The highest BCUT2D eigenvalue weighted by atomic mass is 16.4. The Balaban J connectivity index is 2.10. The molecule has 0 saturated carbocycles. The Labute approximate surface area is 141 Å². The van der Waals surface area contributed by atoms with E-state index < -0.39 is 11.9 Å². The van der Waals surface area contributed by atoms with Gasteiger partial charge in [-0.2, -0.15) is 5.11 Å². The van der Waals surface area contributed by atoms with Crippen molar-refractivity contribution < 1.29 is 24.9 Å². The molecule has 0 aliphatic rings. The smallest absolute Gasteiger partial charge is 0.335 e. The topological polar surface area (TPSA) is 120 Å². The molecule has 0 aliphatic heterocycles. The molecule has 124 valence electrons. The average Bonchev–Trinajstić information content (AvgIpc) is 2.60. The molecule has 0 radical (unpaired) electrons. The van der Waals surface area contributed by atoms with Gasteiger partial charge < -0.3 is 15.3 Å². The van der Waals surface area contributed by atoms with E-state index in [0.29, 0.717) is 5.39 Å². The summed E-state index contributed by atoms with van der Waals surface area (Å²) in [5.74, 6) is -2.63. The van der Waals surface area contributed by atoms with Crippen LogP contribution in [-0.2, 0) is 0 Å². The van der Waals surface area contributed by atoms with E-state index in [-0.39, 0.29) is 28.3 Å². The molecule has 7 nitrogen and oxygen atoms in total. The molecule has 25 heavy (non-hydrogen) atoms. The van der Waals surface area contributed by atoms with Crippen molar-refractivity contribution in [2.24, 2.45) is 10.2 Å². The van der Waals surface area contributed by atoms with Gasteiger partial charge in [-0.05, 0) is 29.7 Å². The maximum absolute atomic E-state index is 11.1. The summed E-state index contributed by atoms with van der Waals surface area (Å²) in [4.78, 5) is 22.3. The highest BCUT2D eigenvalue weighted by Crippen LogP contribution is 2.36. The van der Waals surface area contributed by atoms with E-state index >= 15 is 0 Å². The SMILES string of the molecule is O=C(O)c1cc(N=Nc2c(O)ccc3ccccc23)cc(C(=O)O)c1. The monoisotopic (exact) mass is 336 g/mol. The fourth-order valence-corrected chi connectivity index (χ4v) is 2.37. The number of phenolic OH excluding ortho intramolecular Hbond substituents is 1. The maximum Gasteiger partial charge on any atom is 0.335 e. The highest BCUT2D eigenvalue weighted by molar-refractivity contribution is 5.96. The predicted molar refractivity (Wildman–Crippen MR) is 90.1 cm³/mol. The molecule has 3 aromatic carbocycles. The Morgan fingerprint density at radius 3 is 2.08 bits per heavy atom. The second kappa shape index (κ2) is 6.40. The Morgan fingerprint density at radius 2 is 1.44 bits per heavy atom. The molecule has 0 saturated heterocycles. The number of hydrogen-bond acceptors (Lipinski definition) is 5. The van der Waals surface area contributed by atoms with Gasteiger partial charge in [-0.1, -0.05) is 30.3 Å². The molecule has 0 unspecified atom stereocenters. The number of hydrogen-bond donors (Lipinski definition) is 3. The number of benzene rings is 3. The van der Waals surface area contributed by atoms with Gasteiger partial charge in [-0.25, -0.2) is 9.59 Å². The van der Waals surface area contributed by atoms with Gasteiger partial charge in [0, 0.05) is 5.39 Å². The fraction of sp³-hybridized carbons (Fsp3) is 0. The van der Waals surface area contributed by atoms with Crippen molar-refractivity contribution in [3.8, 4) is 5.75 Å². The summed E-state index contributed by atoms with van der Waals surface area (Å²) in [5, 5.41) is 37.6. The standard InChI is InChI=1S/C18H12N2O5/c21-15-6-5-10-3-1-2-4-14(10)16(15)20-19-13-8-11(17(22)23)7-12(9-13)18(24)25/h1-9,21H,(H,22,23)(H,24,25). The van der Waals surface area contributed by atoms with Gasteiger partial charge in [0.25, 0.3) is 0 Å². The summed E-state index contributed by atoms with van der Waals surface area (Å²) in [6.07, 6.45) is 0. The van der Waals surface area contributed by atoms with E-state index in [1.165, 1.54) is 18.2 Å². The zero-order chi connectivity index (χ0) is 18.0. The molecule has 0 bridgehead atoms. The first-order chi connectivity index (χ1) is 12.0. The zero-order valence-electron chi connectivity index (χ0n) is 12.7. The van der Waals surface area contributed by atoms with Crippen LogP contribution in [0, 0.1) is 0 Å². The first-order valence-electron chi connectivity index (χ1n) is 7.20. The van der Waals surface area contributed by atoms with E-state index in [1.807, 2.05) is 12.1 Å². The van der Waals surface area contributed by atoms with Gasteiger partial charge in [-0.3, -0.25) is 0 Å². The van der Waals surface area contributed by atoms with Crippen LogP contribution in [0.15, 0.2) is 64.8 Å². The van der Waals surface area contributed by atoms with Gasteiger partial charge in [0.05, 0.1) is 16.8 Å². The molecular weight excluding hydrogens is 324 g/mol. The van der Waals surface area contributed by atoms with Crippen molar-refractivity contribution in [3.05, 3.63) is 65.7 Å². The van der Waals surface area contributed by atoms with Crippen molar-refractivity contribution in [3.63, 3.8) is 0 Å². The molecule has 0 aliphatic carbocycles. The molecule has 3 rings (SSSR count). The summed E-state index contributed by atoms with van der Waals surface area (Å²) in [6, 6.07) is 13.9. The largest absolute Gasteiger partial charge is 0.506 e. The van der Waals surface area contributed by atoms with Crippen molar-refractivity contribution in [1.82, 2.24) is 0 Å². The Morgan fingerprint density at radius 1 is 0.800 bits per heavy atom. The quantitative estimate of drug-likeness (QED) is 0.612. The molecule has 0 atom stereocenters. The van der Waals surface area contributed by atoms with E-state index in [4.69, 9.17) is 10.2 Å². The number of carbonyl (C=O) groups is 2. The molecule has 0 fully saturated rings. The summed E-state index contributed by atoms with van der Waals surface area (Å²) < 4.78 is 0. The van der Waals surface area contributed by atoms with Crippen molar-refractivity contribution >= 4 is 34.1 Å². The normalized spacial score (nSPS) is 11.0. The van der Waals surface area contributed by atoms with Crippen LogP contribution in [0.1, 0.15) is 20.7 Å². The third-order valence-corrected chi connectivity index (χ3v) is 3.56. The third kappa shape index (κ3) is 3.30. The summed E-state index contributed by atoms with van der Waals surface area (Å²) in [6.45, 7) is 0. The number of phenols is 1. The second-order valence-electron chi connectivity index (χ2n) is 5.23. The van der Waals surface area contributed by atoms with Crippen LogP contribution >= 0.6 is 0 Å². The van der Waals surface area contributed by atoms with Gasteiger partial charge in [-0.15, -0.1) is 5.11 Å². The zero-order valence-corrected chi connectivity index (χ0v) is 12.7. The second-order valence-corrected chi connectivity index (χ2v) is 5.23. The first-order valence-corrected chi connectivity index (χ1v) is 7.20. The number of aromatic hydroxyl groups is 1. The molecule has 0 amide bonds. The van der Waals surface area contributed by atoms with Crippen LogP contribution < -0.4 is 0 Å². The van der Waals surface area contributed by atoms with Gasteiger partial charge in [0.15, 0.2) is 0 Å². The number of azo groups is 1. The van der Waals surface area contributed by atoms with Gasteiger partial charge >= 0.3 is 11.9 Å². The Kier molecular flexibility index (Phi) is 4.13. The summed E-state index contributed by atoms with van der Waals surface area (Å²) in [7, 11) is 0. The van der Waals surface area contributed by atoms with Crippen LogP contribution in [0.4, 0.5) is 11.4 Å². The van der Waals surface area contributed by atoms with Crippen molar-refractivity contribution in [1.29, 1.82) is 0 Å². The summed E-state index contributed by atoms with van der Waals surface area (Å²) >= 11 is 0. The van der Waals surface area contributed by atoms with E-state index in [9.17, 15) is 14.7 Å². The third-order valence-electron chi connectivity index (χ3n) is 3.56. The predicted octanol–water partition coefficient (Wildman–Crippen LogP) is 4.36. The number of fused-ring (bicyclic) bond motifs is 1. The van der Waals surface area contributed by atoms with Gasteiger partial charge in [0.1, 0.15) is 11.4 Å². The lowest BCUT2D eigenvalue weighted by Gasteiger charge is -2.04. The number of carboxylic acid groups (broad SMARTS) is 2. The number of nitrogens with zero attached hydrogens (tertiary/aromatic N) is 2. The van der Waals surface area contributed by atoms with Crippen LogP contribution in [0.3, 0.4) is 0 Å². The van der Waals surface area contributed by atoms with Gasteiger partial charge in [0.2, 0.25) is 0 Å². The lowest BCUT2D eigenvalue weighted by atomic mass is 10.1. The van der Waals surface area contributed by atoms with Crippen LogP contribution in [0.25, 0.3) is 10.8 Å². The minimum atomic E-state index is -1.27. The van der Waals surface area contributed by atoms with Crippen LogP contribution in [-0.4, -0.2) is 27.3 Å². The Hall–Kier alpha value is -3.74. The Bertz CT molecular complexity index is 995. The average molecular weight is 336 g/mol. The molecule has 0 aromatic heterocycles. The lowest BCUT2D eigenvalue weighted by molar-refractivity contribution is 0.0696. The van der Waals surface area contributed by atoms with Crippen molar-refractivity contribution in [2.45, 2.75) is 0 Å². The highest BCUT2D eigenvalue weighted by Gasteiger charge is 2.12. The lowest BCUT2D eigenvalue weighted by Crippen LogP contribution is -2.01. The number of carboxylic acids is 2. The number of aromatic carboxylic acids is 2. The van der Waals surface area contributed by atoms with Crippen molar-refractivity contribution in [2.75, 3.05) is 0 Å². The minimum absolute atomic E-state index is 0.0598. The molecular formula is C18H12N2O5. The number of rotatable bonds is 4. The molecule has 0 heterocycles. The molecule has 3 aromatic rings. The van der Waals surface area contributed by atoms with Crippen LogP contribution in [0.2, 0.25) is 0 Å². The molecule has 3 N–H and O–H groups in total. The van der Waals surface area contributed by atoms with E-state index in [2.05, 4.69) is 10.2 Å². The maximum atomic E-state index is 11.1. The first kappa shape index (κ1) is 16.1. The fourth-order valence-electron chi connectivity index (χ4n) is 2.37. The summed E-state index contributed by atoms with van der Waals surface area (Å²) in [5.41, 5.74) is -0.146. The van der Waals surface area contributed by atoms with E-state index in [1.54, 1.807) is 18.2 Å². The molecule has 7 heteroatoms. The minimum Gasteiger partial charge on any atom is -0.506 e. The van der Waals surface area contributed by atoms with Crippen LogP contribution in [0.5, 0.6) is 5.75 Å². The molecule has 0 spiro atoms.